The van der Waals surface area contributed by atoms with E-state index in [1.807, 2.05) is 31.2 Å². The first kappa shape index (κ1) is 23.4. The summed E-state index contributed by atoms with van der Waals surface area (Å²) in [4.78, 5) is 13.3. The Morgan fingerprint density at radius 2 is 1.74 bits per heavy atom. The molecule has 1 heterocycles. The molecule has 0 aliphatic rings. The second kappa shape index (κ2) is 10.0. The van der Waals surface area contributed by atoms with Gasteiger partial charge in [-0.3, -0.25) is 4.79 Å². The molecule has 0 aliphatic carbocycles. The number of nitrogens with zero attached hydrogens (tertiary/aromatic N) is 2. The topological polar surface area (TPSA) is 81.1 Å². The molecule has 0 unspecified atom stereocenters. The van der Waals surface area contributed by atoms with Crippen LogP contribution < -0.4 is 5.32 Å². The Hall–Kier alpha value is -3.78. The summed E-state index contributed by atoms with van der Waals surface area (Å²) in [5.74, 6) is -0.795. The van der Waals surface area contributed by atoms with Crippen LogP contribution in [-0.2, 0) is 9.84 Å². The van der Waals surface area contributed by atoms with Crippen molar-refractivity contribution in [1.29, 1.82) is 0 Å². The predicted octanol–water partition coefficient (Wildman–Crippen LogP) is 4.58. The molecule has 0 spiro atoms. The number of nitrogens with one attached hydrogen (secondary N) is 1. The van der Waals surface area contributed by atoms with Crippen LogP contribution >= 0.6 is 0 Å². The SMILES string of the molecule is Cc1cccc(-c2nn(-c3ccc(F)cc3)cc2C(=O)NCCCS(=O)(=O)c2ccccc2)c1. The zero-order valence-corrected chi connectivity index (χ0v) is 19.4. The van der Waals surface area contributed by atoms with E-state index in [1.54, 1.807) is 48.7 Å². The van der Waals surface area contributed by atoms with Crippen LogP contribution in [0.3, 0.4) is 0 Å². The maximum atomic E-state index is 13.4. The molecule has 0 saturated carbocycles. The maximum absolute atomic E-state index is 13.4. The molecule has 0 saturated heterocycles. The van der Waals surface area contributed by atoms with Crippen LogP contribution in [0.5, 0.6) is 0 Å². The van der Waals surface area contributed by atoms with Crippen molar-refractivity contribution in [2.24, 2.45) is 0 Å². The number of carbonyl (C=O) groups is 1. The molecule has 1 N–H and O–H groups in total. The fourth-order valence-corrected chi connectivity index (χ4v) is 4.91. The molecule has 174 valence electrons. The Morgan fingerprint density at radius 3 is 2.44 bits per heavy atom. The minimum atomic E-state index is -3.41. The highest BCUT2D eigenvalue weighted by Gasteiger charge is 2.19. The van der Waals surface area contributed by atoms with Gasteiger partial charge in [0.2, 0.25) is 0 Å². The van der Waals surface area contributed by atoms with Gasteiger partial charge < -0.3 is 5.32 Å². The fourth-order valence-electron chi connectivity index (χ4n) is 3.58. The van der Waals surface area contributed by atoms with Crippen molar-refractivity contribution in [3.63, 3.8) is 0 Å². The molecular formula is C26H24FN3O3S. The third kappa shape index (κ3) is 5.40. The van der Waals surface area contributed by atoms with Crippen molar-refractivity contribution in [1.82, 2.24) is 15.1 Å². The van der Waals surface area contributed by atoms with Crippen molar-refractivity contribution in [3.05, 3.63) is 102 Å². The van der Waals surface area contributed by atoms with E-state index in [2.05, 4.69) is 10.4 Å². The van der Waals surface area contributed by atoms with Crippen LogP contribution in [-0.4, -0.2) is 36.4 Å². The number of aromatic nitrogens is 2. The highest BCUT2D eigenvalue weighted by molar-refractivity contribution is 7.91. The number of carbonyl (C=O) groups excluding carboxylic acids is 1. The number of benzene rings is 3. The third-order valence-electron chi connectivity index (χ3n) is 5.32. The Bertz CT molecular complexity index is 1400. The van der Waals surface area contributed by atoms with Gasteiger partial charge in [-0.2, -0.15) is 5.10 Å². The molecule has 0 fully saturated rings. The number of aryl methyl sites for hydroxylation is 1. The number of sulfone groups is 1. The number of hydrogen-bond acceptors (Lipinski definition) is 4. The zero-order chi connectivity index (χ0) is 24.1. The first-order chi connectivity index (χ1) is 16.3. The van der Waals surface area contributed by atoms with E-state index in [0.29, 0.717) is 16.9 Å². The van der Waals surface area contributed by atoms with E-state index < -0.39 is 9.84 Å². The molecule has 0 atom stereocenters. The van der Waals surface area contributed by atoms with Crippen molar-refractivity contribution >= 4 is 15.7 Å². The summed E-state index contributed by atoms with van der Waals surface area (Å²) in [6.45, 7) is 2.15. The van der Waals surface area contributed by atoms with Crippen molar-refractivity contribution < 1.29 is 17.6 Å². The zero-order valence-electron chi connectivity index (χ0n) is 18.6. The summed E-state index contributed by atoms with van der Waals surface area (Å²) in [6, 6.07) is 21.7. The van der Waals surface area contributed by atoms with Crippen LogP contribution in [0.1, 0.15) is 22.3 Å². The Balaban J connectivity index is 1.52. The van der Waals surface area contributed by atoms with Crippen LogP contribution in [0.25, 0.3) is 16.9 Å². The molecule has 6 nitrogen and oxygen atoms in total. The lowest BCUT2D eigenvalue weighted by atomic mass is 10.1. The maximum Gasteiger partial charge on any atom is 0.255 e. The monoisotopic (exact) mass is 477 g/mol. The highest BCUT2D eigenvalue weighted by Crippen LogP contribution is 2.25. The summed E-state index contributed by atoms with van der Waals surface area (Å²) in [7, 11) is -3.41. The van der Waals surface area contributed by atoms with Crippen LogP contribution in [0.2, 0.25) is 0 Å². The molecule has 1 aromatic heterocycles. The lowest BCUT2D eigenvalue weighted by Gasteiger charge is -2.07. The number of halogens is 1. The van der Waals surface area contributed by atoms with Crippen molar-refractivity contribution in [2.75, 3.05) is 12.3 Å². The molecule has 34 heavy (non-hydrogen) atoms. The minimum Gasteiger partial charge on any atom is -0.352 e. The predicted molar refractivity (Wildman–Crippen MR) is 129 cm³/mol. The van der Waals surface area contributed by atoms with Gasteiger partial charge in [-0.15, -0.1) is 0 Å². The molecule has 3 aromatic carbocycles. The first-order valence-corrected chi connectivity index (χ1v) is 12.5. The smallest absolute Gasteiger partial charge is 0.255 e. The van der Waals surface area contributed by atoms with Crippen LogP contribution in [0.4, 0.5) is 4.39 Å². The van der Waals surface area contributed by atoms with Gasteiger partial charge in [0.15, 0.2) is 9.84 Å². The molecule has 4 aromatic rings. The number of hydrogen-bond donors (Lipinski definition) is 1. The Labute approximate surface area is 198 Å². The average Bonchev–Trinajstić information content (AvgIpc) is 3.28. The lowest BCUT2D eigenvalue weighted by molar-refractivity contribution is 0.0954. The second-order valence-electron chi connectivity index (χ2n) is 7.92. The second-order valence-corrected chi connectivity index (χ2v) is 10.0. The third-order valence-corrected chi connectivity index (χ3v) is 7.14. The summed E-state index contributed by atoms with van der Waals surface area (Å²) in [5, 5.41) is 7.39. The fraction of sp³-hybridized carbons (Fsp3) is 0.154. The van der Waals surface area contributed by atoms with Gasteiger partial charge in [-0.05, 0) is 55.8 Å². The molecule has 0 bridgehead atoms. The van der Waals surface area contributed by atoms with Gasteiger partial charge in [0.1, 0.15) is 11.5 Å². The molecule has 1 amide bonds. The average molecular weight is 478 g/mol. The van der Waals surface area contributed by atoms with Crippen molar-refractivity contribution in [2.45, 2.75) is 18.2 Å². The van der Waals surface area contributed by atoms with Gasteiger partial charge in [0.25, 0.3) is 5.91 Å². The molecule has 4 rings (SSSR count). The summed E-state index contributed by atoms with van der Waals surface area (Å²) < 4.78 is 39.8. The van der Waals surface area contributed by atoms with Gasteiger partial charge in [-0.25, -0.2) is 17.5 Å². The molecule has 8 heteroatoms. The first-order valence-electron chi connectivity index (χ1n) is 10.8. The van der Waals surface area contributed by atoms with E-state index in [9.17, 15) is 17.6 Å². The van der Waals surface area contributed by atoms with Gasteiger partial charge in [-0.1, -0.05) is 42.0 Å². The minimum absolute atomic E-state index is 0.0725. The number of rotatable bonds is 8. The van der Waals surface area contributed by atoms with E-state index in [4.69, 9.17) is 0 Å². The van der Waals surface area contributed by atoms with E-state index >= 15 is 0 Å². The standard InChI is InChI=1S/C26H24FN3O3S/c1-19-7-5-8-20(17-19)25-24(18-30(29-25)22-13-11-21(27)12-14-22)26(31)28-15-6-16-34(32,33)23-9-3-2-4-10-23/h2-5,7-14,17-18H,6,15-16H2,1H3,(H,28,31). The van der Waals surface area contributed by atoms with Crippen LogP contribution in [0.15, 0.2) is 90.0 Å². The van der Waals surface area contributed by atoms with E-state index in [0.717, 1.165) is 11.1 Å². The van der Waals surface area contributed by atoms with E-state index in [1.165, 1.54) is 16.8 Å². The Morgan fingerprint density at radius 1 is 1.00 bits per heavy atom. The van der Waals surface area contributed by atoms with Crippen molar-refractivity contribution in [3.8, 4) is 16.9 Å². The quantitative estimate of drug-likeness (QED) is 0.377. The van der Waals surface area contributed by atoms with Crippen LogP contribution in [0, 0.1) is 12.7 Å². The molecule has 0 radical (unpaired) electrons. The largest absolute Gasteiger partial charge is 0.352 e. The summed E-state index contributed by atoms with van der Waals surface area (Å²) in [6.07, 6.45) is 1.87. The summed E-state index contributed by atoms with van der Waals surface area (Å²) >= 11 is 0. The highest BCUT2D eigenvalue weighted by atomic mass is 32.2. The summed E-state index contributed by atoms with van der Waals surface area (Å²) in [5.41, 5.74) is 3.25. The molecule has 0 aliphatic heterocycles. The normalized spacial score (nSPS) is 11.4. The van der Waals surface area contributed by atoms with Gasteiger partial charge in [0.05, 0.1) is 21.9 Å². The lowest BCUT2D eigenvalue weighted by Crippen LogP contribution is -2.26. The molecular weight excluding hydrogens is 453 g/mol. The van der Waals surface area contributed by atoms with Gasteiger partial charge >= 0.3 is 0 Å². The van der Waals surface area contributed by atoms with Gasteiger partial charge in [0, 0.05) is 18.3 Å². The van der Waals surface area contributed by atoms with E-state index in [-0.39, 0.29) is 35.3 Å². The number of amides is 1. The Kier molecular flexibility index (Phi) is 6.88.